The summed E-state index contributed by atoms with van der Waals surface area (Å²) in [7, 11) is 2.55. The number of hydrogen-bond acceptors (Lipinski definition) is 3. The van der Waals surface area contributed by atoms with Crippen molar-refractivity contribution < 1.29 is 19.0 Å². The van der Waals surface area contributed by atoms with Gasteiger partial charge < -0.3 is 9.84 Å². The predicted molar refractivity (Wildman–Crippen MR) is 123 cm³/mol. The number of carbonyl (C=O) groups excluding carboxylic acids is 1. The number of esters is 1. The maximum Gasteiger partial charge on any atom is 0.309 e. The highest BCUT2D eigenvalue weighted by molar-refractivity contribution is 7.18. The molecule has 30 heavy (non-hydrogen) atoms. The number of carbonyl (C=O) groups is 1. The minimum atomic E-state index is -1.04. The van der Waals surface area contributed by atoms with Crippen LogP contribution in [-0.4, -0.2) is 28.2 Å². The largest absolute Gasteiger partial charge is 0.462 e. The molecular weight excluding hydrogens is 398 g/mol. The lowest BCUT2D eigenvalue weighted by Crippen LogP contribution is -2.31. The summed E-state index contributed by atoms with van der Waals surface area (Å²) >= 11 is 0. The number of hydrogen-bond donors (Lipinski definition) is 1. The van der Waals surface area contributed by atoms with E-state index in [-0.39, 0.29) is 23.4 Å². The molecule has 0 saturated heterocycles. The van der Waals surface area contributed by atoms with Crippen molar-refractivity contribution in [1.82, 2.24) is 0 Å². The second-order valence-corrected chi connectivity index (χ2v) is 12.9. The zero-order valence-corrected chi connectivity index (χ0v) is 20.6. The maximum absolute atomic E-state index is 14.9. The van der Waals surface area contributed by atoms with Crippen molar-refractivity contribution in [2.75, 3.05) is 0 Å². The Labute approximate surface area is 185 Å². The van der Waals surface area contributed by atoms with Gasteiger partial charge in [0.05, 0.1) is 11.3 Å². The molecule has 7 atom stereocenters. The third-order valence-corrected chi connectivity index (χ3v) is 8.48. The molecule has 3 saturated carbocycles. The van der Waals surface area contributed by atoms with Gasteiger partial charge in [0.15, 0.2) is 0 Å². The van der Waals surface area contributed by atoms with E-state index in [1.807, 2.05) is 0 Å². The molecule has 3 rings (SSSR count). The molecule has 7 unspecified atom stereocenters. The summed E-state index contributed by atoms with van der Waals surface area (Å²) in [5.41, 5.74) is -0.973. The minimum Gasteiger partial charge on any atom is -0.462 e. The molecule has 0 aromatic heterocycles. The van der Waals surface area contributed by atoms with E-state index in [9.17, 15) is 14.3 Å². The molecule has 0 heterocycles. The van der Waals surface area contributed by atoms with Crippen LogP contribution in [0.15, 0.2) is 0 Å². The fourth-order valence-electron chi connectivity index (χ4n) is 6.50. The first-order valence-corrected chi connectivity index (χ1v) is 12.9. The highest BCUT2D eigenvalue weighted by atomic mass is 31.0. The molecule has 0 bridgehead atoms. The van der Waals surface area contributed by atoms with Crippen molar-refractivity contribution in [3.05, 3.63) is 0 Å². The van der Waals surface area contributed by atoms with Crippen LogP contribution in [-0.2, 0) is 9.53 Å². The van der Waals surface area contributed by atoms with E-state index in [0.29, 0.717) is 31.1 Å². The molecule has 3 aliphatic carbocycles. The Kier molecular flexibility index (Phi) is 7.93. The lowest BCUT2D eigenvalue weighted by Gasteiger charge is -2.34. The summed E-state index contributed by atoms with van der Waals surface area (Å²) in [5.74, 6) is 0.785. The van der Waals surface area contributed by atoms with Gasteiger partial charge in [0.1, 0.15) is 11.8 Å². The number of alkyl halides is 1. The number of rotatable bonds is 3. The smallest absolute Gasteiger partial charge is 0.309 e. The minimum absolute atomic E-state index is 0.0642. The van der Waals surface area contributed by atoms with Gasteiger partial charge in [0.25, 0.3) is 0 Å². The Balaban J connectivity index is 1.63. The van der Waals surface area contributed by atoms with E-state index in [0.717, 1.165) is 70.6 Å². The van der Waals surface area contributed by atoms with E-state index in [1.54, 1.807) is 6.92 Å². The van der Waals surface area contributed by atoms with Gasteiger partial charge in [-0.25, -0.2) is 4.39 Å². The van der Waals surface area contributed by atoms with Gasteiger partial charge in [0, 0.05) is 6.42 Å². The molecule has 5 heteroatoms. The van der Waals surface area contributed by atoms with E-state index < -0.39 is 11.0 Å². The Hall–Kier alpha value is -0.210. The molecule has 3 aliphatic rings. The SMILES string of the molecule is CC1(C)CC(C(=O)OC2CCCCC(O)(P)C2)CCC(C2CCCCC(C)(F)C2)C1. The van der Waals surface area contributed by atoms with Crippen molar-refractivity contribution >= 4 is 15.2 Å². The average Bonchev–Trinajstić information content (AvgIpc) is 2.98. The molecule has 3 nitrogen and oxygen atoms in total. The monoisotopic (exact) mass is 442 g/mol. The third-order valence-electron chi connectivity index (χ3n) is 7.96. The van der Waals surface area contributed by atoms with Gasteiger partial charge in [-0.05, 0) is 82.0 Å². The lowest BCUT2D eigenvalue weighted by molar-refractivity contribution is -0.157. The zero-order chi connectivity index (χ0) is 22.0. The standard InChI is InChI=1S/C25H44FO3P/c1-23(2)14-19(18-8-4-6-12-24(3,26)16-18)10-11-20(15-23)22(27)29-21-9-5-7-13-25(28,30)17-21/h18-21,28H,4-17,30H2,1-3H3. The molecule has 0 radical (unpaired) electrons. The fourth-order valence-corrected chi connectivity index (χ4v) is 6.97. The summed E-state index contributed by atoms with van der Waals surface area (Å²) in [6, 6.07) is 0. The van der Waals surface area contributed by atoms with E-state index in [2.05, 4.69) is 23.1 Å². The predicted octanol–water partition coefficient (Wildman–Crippen LogP) is 6.57. The lowest BCUT2D eigenvalue weighted by atomic mass is 9.73. The topological polar surface area (TPSA) is 46.5 Å². The molecular formula is C25H44FO3P. The number of ether oxygens (including phenoxy) is 1. The van der Waals surface area contributed by atoms with Gasteiger partial charge in [-0.3, -0.25) is 4.79 Å². The highest BCUT2D eigenvalue weighted by Gasteiger charge is 2.41. The molecule has 3 fully saturated rings. The fraction of sp³-hybridized carbons (Fsp3) is 0.960. The summed E-state index contributed by atoms with van der Waals surface area (Å²) in [6.07, 6.45) is 12.3. The molecule has 0 aliphatic heterocycles. The Morgan fingerprint density at radius 3 is 2.33 bits per heavy atom. The maximum atomic E-state index is 14.9. The summed E-state index contributed by atoms with van der Waals surface area (Å²) < 4.78 is 20.9. The van der Waals surface area contributed by atoms with E-state index in [4.69, 9.17) is 4.74 Å². The van der Waals surface area contributed by atoms with Crippen LogP contribution in [0.4, 0.5) is 4.39 Å². The van der Waals surface area contributed by atoms with Crippen molar-refractivity contribution in [1.29, 1.82) is 0 Å². The molecule has 0 amide bonds. The van der Waals surface area contributed by atoms with Crippen LogP contribution in [0.5, 0.6) is 0 Å². The Bertz CT molecular complexity index is 589. The number of halogens is 1. The summed E-state index contributed by atoms with van der Waals surface area (Å²) in [6.45, 7) is 6.32. The molecule has 0 aromatic rings. The van der Waals surface area contributed by atoms with Crippen LogP contribution in [0.25, 0.3) is 0 Å². The average molecular weight is 443 g/mol. The van der Waals surface area contributed by atoms with Crippen LogP contribution in [0.1, 0.15) is 111 Å². The van der Waals surface area contributed by atoms with Crippen LogP contribution in [0, 0.1) is 23.2 Å². The first kappa shape index (κ1) is 24.4. The second-order valence-electron chi connectivity index (χ2n) is 11.8. The van der Waals surface area contributed by atoms with Crippen molar-refractivity contribution in [3.63, 3.8) is 0 Å². The Morgan fingerprint density at radius 2 is 1.57 bits per heavy atom. The molecule has 1 N–H and O–H groups in total. The quantitative estimate of drug-likeness (QED) is 0.306. The first-order chi connectivity index (χ1) is 13.9. The molecule has 174 valence electrons. The highest BCUT2D eigenvalue weighted by Crippen LogP contribution is 2.47. The van der Waals surface area contributed by atoms with Gasteiger partial charge >= 0.3 is 5.97 Å². The Morgan fingerprint density at radius 1 is 0.900 bits per heavy atom. The van der Waals surface area contributed by atoms with E-state index >= 15 is 0 Å². The van der Waals surface area contributed by atoms with Gasteiger partial charge in [-0.2, -0.15) is 0 Å². The first-order valence-electron chi connectivity index (χ1n) is 12.4. The van der Waals surface area contributed by atoms with Crippen LogP contribution >= 0.6 is 9.24 Å². The second kappa shape index (κ2) is 9.74. The van der Waals surface area contributed by atoms with Crippen LogP contribution < -0.4 is 0 Å². The zero-order valence-electron chi connectivity index (χ0n) is 19.4. The van der Waals surface area contributed by atoms with Crippen molar-refractivity contribution in [2.24, 2.45) is 23.2 Å². The number of aliphatic hydroxyl groups is 1. The van der Waals surface area contributed by atoms with Gasteiger partial charge in [0.2, 0.25) is 0 Å². The normalized spacial score (nSPS) is 43.1. The summed E-state index contributed by atoms with van der Waals surface area (Å²) in [4.78, 5) is 13.1. The third kappa shape index (κ3) is 7.16. The molecule has 0 spiro atoms. The van der Waals surface area contributed by atoms with Crippen molar-refractivity contribution in [2.45, 2.75) is 128 Å². The van der Waals surface area contributed by atoms with Gasteiger partial charge in [-0.1, -0.05) is 39.5 Å². The van der Waals surface area contributed by atoms with E-state index in [1.165, 1.54) is 0 Å². The van der Waals surface area contributed by atoms with Crippen molar-refractivity contribution in [3.8, 4) is 0 Å². The summed E-state index contributed by atoms with van der Waals surface area (Å²) in [5, 5.41) is 9.65. The van der Waals surface area contributed by atoms with Crippen LogP contribution in [0.3, 0.4) is 0 Å². The molecule has 0 aromatic carbocycles. The van der Waals surface area contributed by atoms with Gasteiger partial charge in [-0.15, -0.1) is 9.24 Å². The van der Waals surface area contributed by atoms with Crippen LogP contribution in [0.2, 0.25) is 0 Å².